The molecule has 0 atom stereocenters. The second kappa shape index (κ2) is 7.40. The van der Waals surface area contributed by atoms with Gasteiger partial charge in [0.05, 0.1) is 26.9 Å². The molecule has 3 N–H and O–H groups in total. The number of nitrogens with two attached hydrogens (primary N) is 1. The Balaban J connectivity index is 2.13. The van der Waals surface area contributed by atoms with Crippen molar-refractivity contribution in [1.29, 1.82) is 0 Å². The maximum atomic E-state index is 12.3. The van der Waals surface area contributed by atoms with Crippen molar-refractivity contribution in [2.75, 3.05) is 27.1 Å². The minimum absolute atomic E-state index is 0.278. The molecular weight excluding hydrogens is 296 g/mol. The zero-order chi connectivity index (χ0) is 16.8. The summed E-state index contributed by atoms with van der Waals surface area (Å²) >= 11 is 0. The van der Waals surface area contributed by atoms with Gasteiger partial charge < -0.3 is 25.3 Å². The molecule has 2 aromatic rings. The van der Waals surface area contributed by atoms with Crippen LogP contribution >= 0.6 is 0 Å². The van der Waals surface area contributed by atoms with Crippen molar-refractivity contribution in [3.63, 3.8) is 0 Å². The number of carbonyl (C=O) groups excluding carboxylic acids is 1. The largest absolute Gasteiger partial charge is 0.497 e. The van der Waals surface area contributed by atoms with Crippen LogP contribution in [0.15, 0.2) is 36.4 Å². The fourth-order valence-electron chi connectivity index (χ4n) is 2.13. The number of hydrogen-bond donors (Lipinski definition) is 2. The Morgan fingerprint density at radius 3 is 2.30 bits per heavy atom. The molecule has 0 unspecified atom stereocenters. The Bertz CT molecular complexity index is 701. The van der Waals surface area contributed by atoms with Crippen LogP contribution in [0, 0.1) is 0 Å². The van der Waals surface area contributed by atoms with E-state index in [1.54, 1.807) is 38.5 Å². The van der Waals surface area contributed by atoms with Crippen LogP contribution in [0.5, 0.6) is 17.2 Å². The first-order chi connectivity index (χ1) is 11.1. The highest BCUT2D eigenvalue weighted by Crippen LogP contribution is 2.25. The molecule has 0 aliphatic heterocycles. The number of ether oxygens (including phenoxy) is 3. The Kier molecular flexibility index (Phi) is 5.30. The minimum atomic E-state index is -0.278. The Labute approximate surface area is 135 Å². The van der Waals surface area contributed by atoms with Crippen LogP contribution in [0.4, 0.5) is 5.69 Å². The second-order valence-corrected chi connectivity index (χ2v) is 4.81. The average Bonchev–Trinajstić information content (AvgIpc) is 2.59. The number of rotatable bonds is 6. The zero-order valence-corrected chi connectivity index (χ0v) is 13.4. The lowest BCUT2D eigenvalue weighted by Gasteiger charge is -2.12. The minimum Gasteiger partial charge on any atom is -0.497 e. The van der Waals surface area contributed by atoms with Gasteiger partial charge in [0.15, 0.2) is 0 Å². The molecule has 0 aliphatic rings. The maximum absolute atomic E-state index is 12.3. The third-order valence-electron chi connectivity index (χ3n) is 3.44. The van der Waals surface area contributed by atoms with Gasteiger partial charge in [-0.15, -0.1) is 0 Å². The normalized spacial score (nSPS) is 10.0. The van der Waals surface area contributed by atoms with Crippen molar-refractivity contribution in [2.45, 2.75) is 6.54 Å². The molecular formula is C17H20N2O4. The van der Waals surface area contributed by atoms with Crippen molar-refractivity contribution in [2.24, 2.45) is 0 Å². The summed E-state index contributed by atoms with van der Waals surface area (Å²) in [7, 11) is 4.69. The van der Waals surface area contributed by atoms with Gasteiger partial charge in [0.2, 0.25) is 0 Å². The lowest BCUT2D eigenvalue weighted by Crippen LogP contribution is -2.24. The van der Waals surface area contributed by atoms with Crippen LogP contribution in [-0.4, -0.2) is 27.2 Å². The van der Waals surface area contributed by atoms with Crippen molar-refractivity contribution in [1.82, 2.24) is 5.32 Å². The van der Waals surface area contributed by atoms with Gasteiger partial charge >= 0.3 is 0 Å². The summed E-state index contributed by atoms with van der Waals surface area (Å²) in [5, 5.41) is 2.82. The van der Waals surface area contributed by atoms with Crippen LogP contribution in [0.25, 0.3) is 0 Å². The lowest BCUT2D eigenvalue weighted by atomic mass is 10.1. The quantitative estimate of drug-likeness (QED) is 0.799. The molecule has 23 heavy (non-hydrogen) atoms. The summed E-state index contributed by atoms with van der Waals surface area (Å²) in [5.74, 6) is 1.63. The van der Waals surface area contributed by atoms with E-state index in [9.17, 15) is 4.79 Å². The van der Waals surface area contributed by atoms with Crippen LogP contribution in [0.3, 0.4) is 0 Å². The lowest BCUT2D eigenvalue weighted by molar-refractivity contribution is 0.0951. The van der Waals surface area contributed by atoms with Crippen LogP contribution in [-0.2, 0) is 6.54 Å². The maximum Gasteiger partial charge on any atom is 0.253 e. The van der Waals surface area contributed by atoms with E-state index in [-0.39, 0.29) is 5.91 Å². The highest BCUT2D eigenvalue weighted by Gasteiger charge is 2.12. The van der Waals surface area contributed by atoms with Gasteiger partial charge in [0, 0.05) is 23.9 Å². The van der Waals surface area contributed by atoms with Crippen LogP contribution < -0.4 is 25.3 Å². The third-order valence-corrected chi connectivity index (χ3v) is 3.44. The smallest absolute Gasteiger partial charge is 0.253 e. The predicted molar refractivity (Wildman–Crippen MR) is 88.1 cm³/mol. The number of anilines is 1. The van der Waals surface area contributed by atoms with E-state index < -0.39 is 0 Å². The molecule has 0 spiro atoms. The SMILES string of the molecule is COc1ccc(CNC(=O)c2cc(OC)ccc2N)c(OC)c1. The molecule has 0 saturated carbocycles. The summed E-state index contributed by atoms with van der Waals surface area (Å²) in [5.41, 5.74) is 7.45. The van der Waals surface area contributed by atoms with Gasteiger partial charge in [0.25, 0.3) is 5.91 Å². The number of methoxy groups -OCH3 is 3. The van der Waals surface area contributed by atoms with Gasteiger partial charge in [-0.3, -0.25) is 4.79 Å². The number of nitrogens with one attached hydrogen (secondary N) is 1. The van der Waals surface area contributed by atoms with E-state index in [0.29, 0.717) is 35.0 Å². The van der Waals surface area contributed by atoms with Crippen LogP contribution in [0.1, 0.15) is 15.9 Å². The van der Waals surface area contributed by atoms with E-state index in [2.05, 4.69) is 5.32 Å². The summed E-state index contributed by atoms with van der Waals surface area (Å²) < 4.78 is 15.6. The van der Waals surface area contributed by atoms with Gasteiger partial charge in [-0.25, -0.2) is 0 Å². The number of amides is 1. The van der Waals surface area contributed by atoms with Gasteiger partial charge in [-0.05, 0) is 30.3 Å². The van der Waals surface area contributed by atoms with E-state index >= 15 is 0 Å². The first-order valence-electron chi connectivity index (χ1n) is 7.01. The molecule has 0 aliphatic carbocycles. The fraction of sp³-hybridized carbons (Fsp3) is 0.235. The highest BCUT2D eigenvalue weighted by atomic mass is 16.5. The molecule has 0 saturated heterocycles. The van der Waals surface area contributed by atoms with E-state index in [1.165, 1.54) is 7.11 Å². The molecule has 0 fully saturated rings. The van der Waals surface area contributed by atoms with Gasteiger partial charge in [0.1, 0.15) is 17.2 Å². The highest BCUT2D eigenvalue weighted by molar-refractivity contribution is 5.99. The Hall–Kier alpha value is -2.89. The first kappa shape index (κ1) is 16.5. The third kappa shape index (κ3) is 3.85. The molecule has 0 aromatic heterocycles. The van der Waals surface area contributed by atoms with Crippen molar-refractivity contribution in [3.05, 3.63) is 47.5 Å². The molecule has 122 valence electrons. The Morgan fingerprint density at radius 2 is 1.65 bits per heavy atom. The van der Waals surface area contributed by atoms with Gasteiger partial charge in [-0.1, -0.05) is 0 Å². The first-order valence-corrected chi connectivity index (χ1v) is 7.01. The summed E-state index contributed by atoms with van der Waals surface area (Å²) in [4.78, 5) is 12.3. The number of carbonyl (C=O) groups is 1. The number of hydrogen-bond acceptors (Lipinski definition) is 5. The second-order valence-electron chi connectivity index (χ2n) is 4.81. The molecule has 2 aromatic carbocycles. The van der Waals surface area contributed by atoms with Crippen LogP contribution in [0.2, 0.25) is 0 Å². The molecule has 1 amide bonds. The summed E-state index contributed by atoms with van der Waals surface area (Å²) in [6.07, 6.45) is 0. The average molecular weight is 316 g/mol. The summed E-state index contributed by atoms with van der Waals surface area (Å²) in [6, 6.07) is 10.4. The molecule has 2 rings (SSSR count). The van der Waals surface area contributed by atoms with Gasteiger partial charge in [-0.2, -0.15) is 0 Å². The molecule has 0 heterocycles. The van der Waals surface area contributed by atoms with Crippen molar-refractivity contribution >= 4 is 11.6 Å². The van der Waals surface area contributed by atoms with E-state index in [4.69, 9.17) is 19.9 Å². The predicted octanol–water partition coefficient (Wildman–Crippen LogP) is 2.22. The Morgan fingerprint density at radius 1 is 1.00 bits per heavy atom. The molecule has 6 nitrogen and oxygen atoms in total. The fourth-order valence-corrected chi connectivity index (χ4v) is 2.13. The van der Waals surface area contributed by atoms with Crippen molar-refractivity contribution in [3.8, 4) is 17.2 Å². The zero-order valence-electron chi connectivity index (χ0n) is 13.4. The van der Waals surface area contributed by atoms with E-state index in [0.717, 1.165) is 5.56 Å². The monoisotopic (exact) mass is 316 g/mol. The topological polar surface area (TPSA) is 82.8 Å². The number of benzene rings is 2. The summed E-state index contributed by atoms with van der Waals surface area (Å²) in [6.45, 7) is 0.308. The molecule has 0 bridgehead atoms. The number of nitrogen functional groups attached to an aromatic ring is 1. The van der Waals surface area contributed by atoms with Crippen molar-refractivity contribution < 1.29 is 19.0 Å². The molecule has 6 heteroatoms. The molecule has 0 radical (unpaired) electrons. The standard InChI is InChI=1S/C17H20N2O4/c1-21-12-6-7-15(18)14(8-12)17(20)19-10-11-4-5-13(22-2)9-16(11)23-3/h4-9H,10,18H2,1-3H3,(H,19,20). The van der Waals surface area contributed by atoms with E-state index in [1.807, 2.05) is 12.1 Å².